The van der Waals surface area contributed by atoms with Crippen LogP contribution in [0, 0.1) is 20.8 Å². The monoisotopic (exact) mass is 397 g/mol. The molecule has 0 saturated heterocycles. The van der Waals surface area contributed by atoms with Gasteiger partial charge < -0.3 is 20.3 Å². The number of hydrogen-bond acceptors (Lipinski definition) is 5. The number of esters is 1. The summed E-state index contributed by atoms with van der Waals surface area (Å²) in [5, 5.41) is 5.25. The molecule has 2 aromatic rings. The van der Waals surface area contributed by atoms with Gasteiger partial charge >= 0.3 is 5.97 Å². The van der Waals surface area contributed by atoms with Gasteiger partial charge in [0.1, 0.15) is 0 Å². The molecule has 0 aliphatic carbocycles. The van der Waals surface area contributed by atoms with Crippen LogP contribution in [0.1, 0.15) is 27.0 Å². The molecule has 2 amide bonds. The number of nitrogens with zero attached hydrogens (tertiary/aromatic N) is 1. The van der Waals surface area contributed by atoms with Crippen molar-refractivity contribution in [1.82, 2.24) is 5.32 Å². The largest absolute Gasteiger partial charge is 0.452 e. The third-order valence-corrected chi connectivity index (χ3v) is 4.34. The number of rotatable bonds is 7. The zero-order valence-electron chi connectivity index (χ0n) is 17.5. The predicted molar refractivity (Wildman–Crippen MR) is 113 cm³/mol. The molecule has 0 fully saturated rings. The molecule has 29 heavy (non-hydrogen) atoms. The van der Waals surface area contributed by atoms with Gasteiger partial charge in [0.25, 0.3) is 5.91 Å². The number of ether oxygens (including phenoxy) is 1. The molecule has 7 heteroatoms. The van der Waals surface area contributed by atoms with Crippen LogP contribution in [0.5, 0.6) is 0 Å². The van der Waals surface area contributed by atoms with Crippen molar-refractivity contribution in [3.63, 3.8) is 0 Å². The second kappa shape index (κ2) is 9.73. The predicted octanol–water partition coefficient (Wildman–Crippen LogP) is 2.59. The standard InChI is InChI=1S/C22H27N3O4/c1-14-10-15(2)21(16(3)11-14)24-19(26)12-23-20(27)13-29-22(28)17-6-8-18(9-7-17)25(4)5/h6-11H,12-13H2,1-5H3,(H,23,27)(H,24,26). The van der Waals surface area contributed by atoms with Crippen LogP contribution in [0.2, 0.25) is 0 Å². The second-order valence-electron chi connectivity index (χ2n) is 7.12. The minimum atomic E-state index is -0.596. The summed E-state index contributed by atoms with van der Waals surface area (Å²) in [7, 11) is 3.80. The Morgan fingerprint density at radius 1 is 0.931 bits per heavy atom. The topological polar surface area (TPSA) is 87.7 Å². The third kappa shape index (κ3) is 6.34. The van der Waals surface area contributed by atoms with E-state index in [-0.39, 0.29) is 12.5 Å². The van der Waals surface area contributed by atoms with Gasteiger partial charge in [0.05, 0.1) is 12.1 Å². The molecule has 0 bridgehead atoms. The molecule has 0 heterocycles. The summed E-state index contributed by atoms with van der Waals surface area (Å²) in [6, 6.07) is 10.8. The number of carbonyl (C=O) groups excluding carboxylic acids is 3. The zero-order valence-corrected chi connectivity index (χ0v) is 17.5. The molecule has 0 spiro atoms. The third-order valence-electron chi connectivity index (χ3n) is 4.34. The van der Waals surface area contributed by atoms with Crippen LogP contribution in [0.4, 0.5) is 11.4 Å². The summed E-state index contributed by atoms with van der Waals surface area (Å²) in [6.45, 7) is 5.16. The highest BCUT2D eigenvalue weighted by Gasteiger charge is 2.13. The van der Waals surface area contributed by atoms with Crippen LogP contribution in [-0.2, 0) is 14.3 Å². The summed E-state index contributed by atoms with van der Waals surface area (Å²) in [4.78, 5) is 37.9. The summed E-state index contributed by atoms with van der Waals surface area (Å²) < 4.78 is 5.00. The molecule has 0 aromatic heterocycles. The molecule has 7 nitrogen and oxygen atoms in total. The number of hydrogen-bond donors (Lipinski definition) is 2. The first-order valence-electron chi connectivity index (χ1n) is 9.26. The number of carbonyl (C=O) groups is 3. The van der Waals surface area contributed by atoms with E-state index >= 15 is 0 Å². The Balaban J connectivity index is 1.79. The first-order valence-corrected chi connectivity index (χ1v) is 9.26. The van der Waals surface area contributed by atoms with Gasteiger partial charge in [0, 0.05) is 25.5 Å². The van der Waals surface area contributed by atoms with Crippen molar-refractivity contribution in [2.45, 2.75) is 20.8 Å². The summed E-state index contributed by atoms with van der Waals surface area (Å²) in [5.41, 5.74) is 5.07. The van der Waals surface area contributed by atoms with Crippen molar-refractivity contribution in [2.24, 2.45) is 0 Å². The van der Waals surface area contributed by atoms with Gasteiger partial charge in [0.2, 0.25) is 5.91 Å². The van der Waals surface area contributed by atoms with Crippen molar-refractivity contribution < 1.29 is 19.1 Å². The maximum Gasteiger partial charge on any atom is 0.338 e. The Morgan fingerprint density at radius 2 is 1.52 bits per heavy atom. The molecular formula is C22H27N3O4. The fourth-order valence-electron chi connectivity index (χ4n) is 2.90. The van der Waals surface area contributed by atoms with E-state index < -0.39 is 18.5 Å². The molecule has 154 valence electrons. The molecule has 2 rings (SSSR count). The molecule has 2 aromatic carbocycles. The highest BCUT2D eigenvalue weighted by Crippen LogP contribution is 2.21. The quantitative estimate of drug-likeness (QED) is 0.701. The van der Waals surface area contributed by atoms with Gasteiger partial charge in [-0.2, -0.15) is 0 Å². The van der Waals surface area contributed by atoms with Crippen LogP contribution < -0.4 is 15.5 Å². The lowest BCUT2D eigenvalue weighted by Gasteiger charge is -2.13. The molecular weight excluding hydrogens is 370 g/mol. The van der Waals surface area contributed by atoms with Crippen LogP contribution >= 0.6 is 0 Å². The van der Waals surface area contributed by atoms with Crippen molar-refractivity contribution in [2.75, 3.05) is 37.5 Å². The average molecular weight is 397 g/mol. The number of nitrogens with one attached hydrogen (secondary N) is 2. The smallest absolute Gasteiger partial charge is 0.338 e. The van der Waals surface area contributed by atoms with Gasteiger partial charge in [-0.3, -0.25) is 9.59 Å². The summed E-state index contributed by atoms with van der Waals surface area (Å²) >= 11 is 0. The van der Waals surface area contributed by atoms with E-state index in [1.807, 2.05) is 51.9 Å². The van der Waals surface area contributed by atoms with E-state index in [4.69, 9.17) is 4.74 Å². The lowest BCUT2D eigenvalue weighted by Crippen LogP contribution is -2.35. The lowest BCUT2D eigenvalue weighted by molar-refractivity contribution is -0.126. The van der Waals surface area contributed by atoms with E-state index in [1.165, 1.54) is 0 Å². The Bertz CT molecular complexity index is 882. The highest BCUT2D eigenvalue weighted by molar-refractivity contribution is 5.96. The molecule has 0 atom stereocenters. The van der Waals surface area contributed by atoms with Crippen molar-refractivity contribution in [3.8, 4) is 0 Å². The maximum atomic E-state index is 12.1. The zero-order chi connectivity index (χ0) is 21.6. The van der Waals surface area contributed by atoms with E-state index in [2.05, 4.69) is 10.6 Å². The molecule has 0 radical (unpaired) electrons. The van der Waals surface area contributed by atoms with Crippen molar-refractivity contribution in [3.05, 3.63) is 58.7 Å². The molecule has 0 aliphatic heterocycles. The van der Waals surface area contributed by atoms with E-state index in [0.717, 1.165) is 28.1 Å². The second-order valence-corrected chi connectivity index (χ2v) is 7.12. The van der Waals surface area contributed by atoms with Crippen molar-refractivity contribution >= 4 is 29.2 Å². The Morgan fingerprint density at radius 3 is 2.07 bits per heavy atom. The number of benzene rings is 2. The van der Waals surface area contributed by atoms with Gasteiger partial charge in [-0.15, -0.1) is 0 Å². The minimum Gasteiger partial charge on any atom is -0.452 e. The lowest BCUT2D eigenvalue weighted by atomic mass is 10.1. The first kappa shape index (κ1) is 21.9. The number of anilines is 2. The summed E-state index contributed by atoms with van der Waals surface area (Å²) in [5.74, 6) is -1.49. The van der Waals surface area contributed by atoms with Gasteiger partial charge in [-0.05, 0) is 56.2 Å². The molecule has 2 N–H and O–H groups in total. The van der Waals surface area contributed by atoms with Crippen LogP contribution in [0.3, 0.4) is 0 Å². The van der Waals surface area contributed by atoms with Gasteiger partial charge in [-0.1, -0.05) is 17.7 Å². The molecule has 0 saturated carbocycles. The van der Waals surface area contributed by atoms with Crippen LogP contribution in [0.25, 0.3) is 0 Å². The maximum absolute atomic E-state index is 12.1. The normalized spacial score (nSPS) is 10.2. The highest BCUT2D eigenvalue weighted by atomic mass is 16.5. The Labute approximate surface area is 171 Å². The first-order chi connectivity index (χ1) is 13.7. The Hall–Kier alpha value is -3.35. The van der Waals surface area contributed by atoms with E-state index in [9.17, 15) is 14.4 Å². The fraction of sp³-hybridized carbons (Fsp3) is 0.318. The van der Waals surface area contributed by atoms with Gasteiger partial charge in [-0.25, -0.2) is 4.79 Å². The van der Waals surface area contributed by atoms with E-state index in [1.54, 1.807) is 24.3 Å². The van der Waals surface area contributed by atoms with Gasteiger partial charge in [0.15, 0.2) is 6.61 Å². The molecule has 0 aliphatic rings. The van der Waals surface area contributed by atoms with Crippen molar-refractivity contribution in [1.29, 1.82) is 0 Å². The Kier molecular flexibility index (Phi) is 7.36. The SMILES string of the molecule is Cc1cc(C)c(NC(=O)CNC(=O)COC(=O)c2ccc(N(C)C)cc2)c(C)c1. The summed E-state index contributed by atoms with van der Waals surface area (Å²) in [6.07, 6.45) is 0. The van der Waals surface area contributed by atoms with Crippen LogP contribution in [0.15, 0.2) is 36.4 Å². The van der Waals surface area contributed by atoms with Crippen LogP contribution in [-0.4, -0.2) is 45.0 Å². The minimum absolute atomic E-state index is 0.208. The number of aryl methyl sites for hydroxylation is 3. The average Bonchev–Trinajstić information content (AvgIpc) is 2.67. The number of amides is 2. The van der Waals surface area contributed by atoms with E-state index in [0.29, 0.717) is 5.56 Å². The molecule has 0 unspecified atom stereocenters. The fourth-order valence-corrected chi connectivity index (χ4v) is 2.90.